The molecule has 0 N–H and O–H groups in total. The molecule has 0 bridgehead atoms. The molecule has 0 unspecified atom stereocenters. The van der Waals surface area contributed by atoms with Gasteiger partial charge in [-0.2, -0.15) is 21.4 Å². The minimum absolute atomic E-state index is 0.102. The van der Waals surface area contributed by atoms with Crippen molar-refractivity contribution in [3.8, 4) is 11.4 Å². The van der Waals surface area contributed by atoms with Crippen molar-refractivity contribution in [3.05, 3.63) is 46.2 Å². The van der Waals surface area contributed by atoms with Crippen LogP contribution in [0.25, 0.3) is 22.4 Å². The second-order valence-corrected chi connectivity index (χ2v) is 8.05. The summed E-state index contributed by atoms with van der Waals surface area (Å²) in [5, 5.41) is 12.8. The highest BCUT2D eigenvalue weighted by atomic mass is 32.1. The number of aromatic nitrogens is 5. The van der Waals surface area contributed by atoms with E-state index in [2.05, 4.69) is 15.2 Å². The van der Waals surface area contributed by atoms with E-state index >= 15 is 0 Å². The summed E-state index contributed by atoms with van der Waals surface area (Å²) in [6, 6.07) is 3.80. The Labute approximate surface area is 171 Å². The van der Waals surface area contributed by atoms with Crippen molar-refractivity contribution in [1.82, 2.24) is 24.9 Å². The summed E-state index contributed by atoms with van der Waals surface area (Å²) in [5.41, 5.74) is 2.79. The smallest absolute Gasteiger partial charge is 0.339 e. The van der Waals surface area contributed by atoms with Crippen molar-refractivity contribution in [2.75, 3.05) is 0 Å². The number of esters is 1. The number of ether oxygens (including phenoxy) is 1. The van der Waals surface area contributed by atoms with Crippen LogP contribution in [0, 0.1) is 0 Å². The Bertz CT molecular complexity index is 1140. The summed E-state index contributed by atoms with van der Waals surface area (Å²) < 4.78 is 12.5. The first kappa shape index (κ1) is 19.3. The van der Waals surface area contributed by atoms with Gasteiger partial charge in [-0.15, -0.1) is 0 Å². The highest BCUT2D eigenvalue weighted by Crippen LogP contribution is 2.25. The Morgan fingerprint density at radius 1 is 1.28 bits per heavy atom. The van der Waals surface area contributed by atoms with Gasteiger partial charge >= 0.3 is 5.97 Å². The first-order valence-corrected chi connectivity index (χ1v) is 10.3. The molecule has 8 nitrogen and oxygen atoms in total. The van der Waals surface area contributed by atoms with Crippen LogP contribution in [0.2, 0.25) is 0 Å². The Hall–Kier alpha value is -3.07. The Kier molecular flexibility index (Phi) is 5.14. The van der Waals surface area contributed by atoms with E-state index < -0.39 is 5.97 Å². The third kappa shape index (κ3) is 3.77. The normalized spacial score (nSPS) is 11.7. The van der Waals surface area contributed by atoms with Gasteiger partial charge in [-0.3, -0.25) is 0 Å². The molecule has 0 fully saturated rings. The monoisotopic (exact) mass is 411 g/mol. The lowest BCUT2D eigenvalue weighted by molar-refractivity contribution is 0.0432. The molecule has 0 aromatic carbocycles. The third-order valence-corrected chi connectivity index (χ3v) is 5.14. The zero-order chi connectivity index (χ0) is 20.5. The molecular formula is C20H21N5O3S. The molecule has 0 aliphatic rings. The van der Waals surface area contributed by atoms with Crippen molar-refractivity contribution < 1.29 is 14.1 Å². The molecule has 4 aromatic rings. The van der Waals surface area contributed by atoms with Crippen LogP contribution >= 0.6 is 11.3 Å². The average molecular weight is 411 g/mol. The SMILES string of the molecule is CC(C)c1cc(C(=O)OCc2nc(-c3ccsc3)no2)c2cnn(C(C)C)c2n1. The lowest BCUT2D eigenvalue weighted by atomic mass is 10.1. The van der Waals surface area contributed by atoms with Crippen molar-refractivity contribution in [1.29, 1.82) is 0 Å². The standard InChI is InChI=1S/C20H21N5O3S/c1-11(2)16-7-14(15-8-21-25(12(3)4)19(15)22-16)20(26)27-9-17-23-18(24-28-17)13-5-6-29-10-13/h5-8,10-12H,9H2,1-4H3. The van der Waals surface area contributed by atoms with E-state index in [9.17, 15) is 4.79 Å². The van der Waals surface area contributed by atoms with Crippen LogP contribution in [0.3, 0.4) is 0 Å². The predicted molar refractivity (Wildman–Crippen MR) is 109 cm³/mol. The number of pyridine rings is 1. The number of hydrogen-bond acceptors (Lipinski definition) is 8. The molecule has 0 radical (unpaired) electrons. The van der Waals surface area contributed by atoms with Gasteiger partial charge in [0.2, 0.25) is 5.82 Å². The van der Waals surface area contributed by atoms with Gasteiger partial charge in [0.25, 0.3) is 5.89 Å². The number of carbonyl (C=O) groups excluding carboxylic acids is 1. The molecule has 0 saturated carbocycles. The quantitative estimate of drug-likeness (QED) is 0.428. The van der Waals surface area contributed by atoms with Crippen LogP contribution in [0.4, 0.5) is 0 Å². The highest BCUT2D eigenvalue weighted by molar-refractivity contribution is 7.08. The molecule has 4 rings (SSSR count). The van der Waals surface area contributed by atoms with E-state index in [0.29, 0.717) is 22.4 Å². The maximum atomic E-state index is 12.8. The third-order valence-electron chi connectivity index (χ3n) is 4.46. The van der Waals surface area contributed by atoms with Gasteiger partial charge in [0.15, 0.2) is 12.3 Å². The molecular weight excluding hydrogens is 390 g/mol. The van der Waals surface area contributed by atoms with Crippen LogP contribution in [-0.4, -0.2) is 30.9 Å². The van der Waals surface area contributed by atoms with Crippen molar-refractivity contribution >= 4 is 28.3 Å². The molecule has 0 spiro atoms. The zero-order valence-electron chi connectivity index (χ0n) is 16.6. The molecule has 0 saturated heterocycles. The number of nitrogens with zero attached hydrogens (tertiary/aromatic N) is 5. The molecule has 150 valence electrons. The summed E-state index contributed by atoms with van der Waals surface area (Å²) in [4.78, 5) is 21.8. The first-order valence-electron chi connectivity index (χ1n) is 9.34. The topological polar surface area (TPSA) is 95.9 Å². The lowest BCUT2D eigenvalue weighted by Gasteiger charge is -2.11. The Morgan fingerprint density at radius 3 is 2.79 bits per heavy atom. The van der Waals surface area contributed by atoms with Gasteiger partial charge in [-0.1, -0.05) is 19.0 Å². The molecule has 4 heterocycles. The molecule has 0 aliphatic carbocycles. The predicted octanol–water partition coefficient (Wildman–Crippen LogP) is 4.60. The van der Waals surface area contributed by atoms with Crippen molar-refractivity contribution in [3.63, 3.8) is 0 Å². The molecule has 29 heavy (non-hydrogen) atoms. The van der Waals surface area contributed by atoms with E-state index in [-0.39, 0.29) is 24.5 Å². The van der Waals surface area contributed by atoms with E-state index in [1.54, 1.807) is 23.6 Å². The molecule has 0 atom stereocenters. The maximum Gasteiger partial charge on any atom is 0.339 e. The van der Waals surface area contributed by atoms with Gasteiger partial charge in [0.05, 0.1) is 17.1 Å². The minimum Gasteiger partial charge on any atom is -0.452 e. The molecule has 0 aliphatic heterocycles. The fourth-order valence-corrected chi connectivity index (χ4v) is 3.54. The number of rotatable bonds is 6. The summed E-state index contributed by atoms with van der Waals surface area (Å²) >= 11 is 1.55. The van der Waals surface area contributed by atoms with Crippen LogP contribution in [-0.2, 0) is 11.3 Å². The number of hydrogen-bond donors (Lipinski definition) is 0. The van der Waals surface area contributed by atoms with Gasteiger partial charge in [0, 0.05) is 22.7 Å². The van der Waals surface area contributed by atoms with Crippen LogP contribution in [0.5, 0.6) is 0 Å². The van der Waals surface area contributed by atoms with E-state index in [1.165, 1.54) is 0 Å². The van der Waals surface area contributed by atoms with Crippen molar-refractivity contribution in [2.24, 2.45) is 0 Å². The van der Waals surface area contributed by atoms with Crippen LogP contribution in [0.1, 0.15) is 61.6 Å². The number of thiophene rings is 1. The first-order chi connectivity index (χ1) is 13.9. The van der Waals surface area contributed by atoms with Crippen LogP contribution < -0.4 is 0 Å². The fourth-order valence-electron chi connectivity index (χ4n) is 2.91. The molecule has 9 heteroatoms. The second kappa shape index (κ2) is 7.75. The lowest BCUT2D eigenvalue weighted by Crippen LogP contribution is -2.10. The van der Waals surface area contributed by atoms with E-state index in [0.717, 1.165) is 11.3 Å². The zero-order valence-corrected chi connectivity index (χ0v) is 17.4. The maximum absolute atomic E-state index is 12.8. The molecule has 0 amide bonds. The largest absolute Gasteiger partial charge is 0.452 e. The van der Waals surface area contributed by atoms with Crippen molar-refractivity contribution in [2.45, 2.75) is 46.3 Å². The van der Waals surface area contributed by atoms with E-state index in [4.69, 9.17) is 14.2 Å². The average Bonchev–Trinajstić information content (AvgIpc) is 3.44. The number of carbonyl (C=O) groups is 1. The summed E-state index contributed by atoms with van der Waals surface area (Å²) in [5.74, 6) is 0.402. The van der Waals surface area contributed by atoms with Gasteiger partial charge < -0.3 is 9.26 Å². The number of fused-ring (bicyclic) bond motifs is 1. The summed E-state index contributed by atoms with van der Waals surface area (Å²) in [6.45, 7) is 8.01. The fraction of sp³-hybridized carbons (Fsp3) is 0.350. The second-order valence-electron chi connectivity index (χ2n) is 7.27. The minimum atomic E-state index is -0.474. The van der Waals surface area contributed by atoms with Crippen LogP contribution in [0.15, 0.2) is 33.6 Å². The highest BCUT2D eigenvalue weighted by Gasteiger charge is 2.21. The molecule has 4 aromatic heterocycles. The summed E-state index contributed by atoms with van der Waals surface area (Å²) in [7, 11) is 0. The van der Waals surface area contributed by atoms with E-state index in [1.807, 2.05) is 49.2 Å². The Morgan fingerprint density at radius 2 is 2.10 bits per heavy atom. The van der Waals surface area contributed by atoms with Gasteiger partial charge in [-0.25, -0.2) is 14.5 Å². The summed E-state index contributed by atoms with van der Waals surface area (Å²) in [6.07, 6.45) is 1.66. The van der Waals surface area contributed by atoms with Gasteiger partial charge in [0.1, 0.15) is 0 Å². The van der Waals surface area contributed by atoms with Gasteiger partial charge in [-0.05, 0) is 37.3 Å². The Balaban J connectivity index is 1.59.